The number of hydrogen-bond donors (Lipinski definition) is 1. The number of rotatable bonds is 8. The second kappa shape index (κ2) is 9.27. The molecule has 0 spiro atoms. The zero-order valence-electron chi connectivity index (χ0n) is 16.5. The van der Waals surface area contributed by atoms with Gasteiger partial charge in [-0.05, 0) is 24.3 Å². The van der Waals surface area contributed by atoms with E-state index in [0.29, 0.717) is 22.5 Å². The summed E-state index contributed by atoms with van der Waals surface area (Å²) in [5.41, 5.74) is 0.765. The standard InChI is InChI=1S/C19H19N5O5S/c1-23-18(12-8-9-15(28-2)16(10-12)29-3)21-22-19(23)30-11-17(25)20-13-6-4-5-7-14(13)24(26)27/h4-10H,11H2,1-3H3,(H,20,25). The van der Waals surface area contributed by atoms with Crippen LogP contribution in [0.3, 0.4) is 0 Å². The van der Waals surface area contributed by atoms with Gasteiger partial charge < -0.3 is 19.4 Å². The van der Waals surface area contributed by atoms with E-state index in [1.807, 2.05) is 6.07 Å². The Kier molecular flexibility index (Phi) is 6.52. The number of nitro groups is 1. The molecule has 0 bridgehead atoms. The molecule has 1 N–H and O–H groups in total. The van der Waals surface area contributed by atoms with Gasteiger partial charge in [0.15, 0.2) is 22.5 Å². The third-order valence-electron chi connectivity index (χ3n) is 4.18. The van der Waals surface area contributed by atoms with Gasteiger partial charge >= 0.3 is 0 Å². The van der Waals surface area contributed by atoms with Crippen LogP contribution >= 0.6 is 11.8 Å². The normalized spacial score (nSPS) is 10.5. The molecule has 0 aliphatic carbocycles. The number of amides is 1. The lowest BCUT2D eigenvalue weighted by Gasteiger charge is -2.09. The van der Waals surface area contributed by atoms with Crippen LogP contribution in [0, 0.1) is 10.1 Å². The summed E-state index contributed by atoms with van der Waals surface area (Å²) in [6.45, 7) is 0. The lowest BCUT2D eigenvalue weighted by atomic mass is 10.2. The van der Waals surface area contributed by atoms with Crippen LogP contribution in [0.25, 0.3) is 11.4 Å². The zero-order chi connectivity index (χ0) is 21.7. The highest BCUT2D eigenvalue weighted by atomic mass is 32.2. The van der Waals surface area contributed by atoms with Gasteiger partial charge in [0.05, 0.1) is 24.9 Å². The zero-order valence-corrected chi connectivity index (χ0v) is 17.3. The van der Waals surface area contributed by atoms with Gasteiger partial charge in [0.1, 0.15) is 5.69 Å². The number of aromatic nitrogens is 3. The predicted octanol–water partition coefficient (Wildman–Crippen LogP) is 3.14. The van der Waals surface area contributed by atoms with Crippen LogP contribution in [0.4, 0.5) is 11.4 Å². The van der Waals surface area contributed by atoms with Crippen LogP contribution in [-0.4, -0.2) is 45.6 Å². The molecule has 3 aromatic rings. The van der Waals surface area contributed by atoms with Gasteiger partial charge in [-0.25, -0.2) is 0 Å². The molecule has 0 atom stereocenters. The van der Waals surface area contributed by atoms with Crippen LogP contribution < -0.4 is 14.8 Å². The van der Waals surface area contributed by atoms with Gasteiger partial charge in [0.25, 0.3) is 5.69 Å². The molecule has 0 aliphatic rings. The third kappa shape index (κ3) is 4.51. The molecule has 2 aromatic carbocycles. The maximum absolute atomic E-state index is 12.3. The number of para-hydroxylation sites is 2. The van der Waals surface area contributed by atoms with E-state index in [0.717, 1.165) is 5.56 Å². The van der Waals surface area contributed by atoms with Crippen molar-refractivity contribution in [2.75, 3.05) is 25.3 Å². The Bertz CT molecular complexity index is 1080. The van der Waals surface area contributed by atoms with Crippen LogP contribution in [0.1, 0.15) is 0 Å². The highest BCUT2D eigenvalue weighted by Gasteiger charge is 2.17. The van der Waals surface area contributed by atoms with Crippen molar-refractivity contribution in [1.29, 1.82) is 0 Å². The Morgan fingerprint density at radius 1 is 1.17 bits per heavy atom. The number of carbonyl (C=O) groups excluding carboxylic acids is 1. The number of methoxy groups -OCH3 is 2. The summed E-state index contributed by atoms with van der Waals surface area (Å²) in [4.78, 5) is 22.8. The molecule has 0 fully saturated rings. The molecular formula is C19H19N5O5S. The number of thioether (sulfide) groups is 1. The first-order valence-corrected chi connectivity index (χ1v) is 9.71. The fourth-order valence-corrected chi connectivity index (χ4v) is 3.43. The monoisotopic (exact) mass is 429 g/mol. The lowest BCUT2D eigenvalue weighted by molar-refractivity contribution is -0.383. The van der Waals surface area contributed by atoms with Crippen molar-refractivity contribution in [2.24, 2.45) is 7.05 Å². The van der Waals surface area contributed by atoms with Gasteiger partial charge in [-0.1, -0.05) is 23.9 Å². The molecular weight excluding hydrogens is 410 g/mol. The quantitative estimate of drug-likeness (QED) is 0.329. The number of anilines is 1. The summed E-state index contributed by atoms with van der Waals surface area (Å²) in [6.07, 6.45) is 0. The summed E-state index contributed by atoms with van der Waals surface area (Å²) < 4.78 is 12.3. The number of hydrogen-bond acceptors (Lipinski definition) is 8. The van der Waals surface area contributed by atoms with Crippen molar-refractivity contribution in [1.82, 2.24) is 14.8 Å². The molecule has 1 heterocycles. The Morgan fingerprint density at radius 3 is 2.60 bits per heavy atom. The number of nitrogens with one attached hydrogen (secondary N) is 1. The largest absolute Gasteiger partial charge is 0.493 e. The first kappa shape index (κ1) is 21.1. The fraction of sp³-hybridized carbons (Fsp3) is 0.211. The Balaban J connectivity index is 1.70. The molecule has 1 amide bonds. The Morgan fingerprint density at radius 2 is 1.90 bits per heavy atom. The summed E-state index contributed by atoms with van der Waals surface area (Å²) in [6, 6.07) is 11.4. The van der Waals surface area contributed by atoms with Crippen LogP contribution in [0.15, 0.2) is 47.6 Å². The van der Waals surface area contributed by atoms with Gasteiger partial charge in [0, 0.05) is 18.7 Å². The van der Waals surface area contributed by atoms with Crippen LogP contribution in [0.5, 0.6) is 11.5 Å². The molecule has 0 radical (unpaired) electrons. The second-order valence-corrected chi connectivity index (χ2v) is 6.99. The molecule has 0 aliphatic heterocycles. The van der Waals surface area contributed by atoms with Crippen molar-refractivity contribution in [3.05, 3.63) is 52.6 Å². The molecule has 0 unspecified atom stereocenters. The minimum Gasteiger partial charge on any atom is -0.493 e. The highest BCUT2D eigenvalue weighted by Crippen LogP contribution is 2.32. The van der Waals surface area contributed by atoms with E-state index in [1.54, 1.807) is 44.0 Å². The Labute approximate surface area is 176 Å². The average Bonchev–Trinajstić information content (AvgIpc) is 3.12. The summed E-state index contributed by atoms with van der Waals surface area (Å²) in [7, 11) is 4.90. The van der Waals surface area contributed by atoms with Crippen molar-refractivity contribution >= 4 is 29.0 Å². The third-order valence-corrected chi connectivity index (χ3v) is 5.20. The second-order valence-electron chi connectivity index (χ2n) is 6.05. The fourth-order valence-electron chi connectivity index (χ4n) is 2.72. The number of carbonyl (C=O) groups is 1. The maximum Gasteiger partial charge on any atom is 0.292 e. The van der Waals surface area contributed by atoms with E-state index >= 15 is 0 Å². The van der Waals surface area contributed by atoms with Gasteiger partial charge in [-0.3, -0.25) is 14.9 Å². The van der Waals surface area contributed by atoms with Crippen molar-refractivity contribution in [3.8, 4) is 22.9 Å². The molecule has 0 saturated heterocycles. The van der Waals surface area contributed by atoms with Gasteiger partial charge in [-0.2, -0.15) is 0 Å². The van der Waals surface area contributed by atoms with Gasteiger partial charge in [-0.15, -0.1) is 10.2 Å². The first-order chi connectivity index (χ1) is 14.4. The summed E-state index contributed by atoms with van der Waals surface area (Å²) in [5.74, 6) is 1.40. The number of benzene rings is 2. The summed E-state index contributed by atoms with van der Waals surface area (Å²) >= 11 is 1.17. The topological polar surface area (TPSA) is 121 Å². The van der Waals surface area contributed by atoms with E-state index in [4.69, 9.17) is 9.47 Å². The average molecular weight is 429 g/mol. The molecule has 11 heteroatoms. The Hall–Kier alpha value is -3.60. The van der Waals surface area contributed by atoms with E-state index < -0.39 is 4.92 Å². The van der Waals surface area contributed by atoms with E-state index in [-0.39, 0.29) is 23.0 Å². The van der Waals surface area contributed by atoms with Crippen molar-refractivity contribution < 1.29 is 19.2 Å². The number of nitro benzene ring substituents is 1. The molecule has 156 valence electrons. The first-order valence-electron chi connectivity index (χ1n) is 8.72. The summed E-state index contributed by atoms with van der Waals surface area (Å²) in [5, 5.41) is 22.5. The highest BCUT2D eigenvalue weighted by molar-refractivity contribution is 7.99. The molecule has 3 rings (SSSR count). The van der Waals surface area contributed by atoms with E-state index in [2.05, 4.69) is 15.5 Å². The van der Waals surface area contributed by atoms with Crippen molar-refractivity contribution in [2.45, 2.75) is 5.16 Å². The number of nitrogens with zero attached hydrogens (tertiary/aromatic N) is 4. The molecule has 1 aromatic heterocycles. The van der Waals surface area contributed by atoms with Crippen LogP contribution in [0.2, 0.25) is 0 Å². The van der Waals surface area contributed by atoms with Crippen molar-refractivity contribution in [3.63, 3.8) is 0 Å². The minimum atomic E-state index is -0.541. The van der Waals surface area contributed by atoms with Gasteiger partial charge in [0.2, 0.25) is 5.91 Å². The van der Waals surface area contributed by atoms with Crippen LogP contribution in [-0.2, 0) is 11.8 Å². The minimum absolute atomic E-state index is 0.0178. The SMILES string of the molecule is COc1ccc(-c2nnc(SCC(=O)Nc3ccccc3[N+](=O)[O-])n2C)cc1OC. The molecule has 0 saturated carbocycles. The predicted molar refractivity (Wildman–Crippen MR) is 112 cm³/mol. The lowest BCUT2D eigenvalue weighted by Crippen LogP contribution is -2.15. The smallest absolute Gasteiger partial charge is 0.292 e. The van der Waals surface area contributed by atoms with E-state index in [9.17, 15) is 14.9 Å². The van der Waals surface area contributed by atoms with E-state index in [1.165, 1.54) is 30.0 Å². The number of ether oxygens (including phenoxy) is 2. The molecule has 30 heavy (non-hydrogen) atoms. The maximum atomic E-state index is 12.3. The molecule has 10 nitrogen and oxygen atoms in total.